The molecule has 112 valence electrons. The second kappa shape index (κ2) is 4.80. The van der Waals surface area contributed by atoms with Crippen molar-refractivity contribution in [3.63, 3.8) is 0 Å². The van der Waals surface area contributed by atoms with Gasteiger partial charge in [0.25, 0.3) is 0 Å². The van der Waals surface area contributed by atoms with Crippen LogP contribution in [0.25, 0.3) is 11.0 Å². The Hall–Kier alpha value is -2.43. The fraction of sp³-hybridized carbons (Fsp3) is 0.353. The first-order chi connectivity index (χ1) is 10.6. The number of carbonyl (C=O) groups is 2. The van der Waals surface area contributed by atoms with Gasteiger partial charge in [0, 0.05) is 11.5 Å². The van der Waals surface area contributed by atoms with Gasteiger partial charge in [-0.1, -0.05) is 12.8 Å². The number of benzene rings is 1. The molecule has 2 aromatic rings. The molecule has 2 atom stereocenters. The van der Waals surface area contributed by atoms with Gasteiger partial charge in [-0.25, -0.2) is 4.79 Å². The minimum atomic E-state index is -0.417. The summed E-state index contributed by atoms with van der Waals surface area (Å²) in [5.74, 6) is -0.505. The van der Waals surface area contributed by atoms with Crippen molar-refractivity contribution in [1.29, 1.82) is 0 Å². The van der Waals surface area contributed by atoms with Gasteiger partial charge in [-0.15, -0.1) is 0 Å². The molecule has 1 aromatic carbocycles. The molecule has 1 aromatic heterocycles. The monoisotopic (exact) mass is 297 g/mol. The Morgan fingerprint density at radius 3 is 2.27 bits per heavy atom. The van der Waals surface area contributed by atoms with Crippen molar-refractivity contribution in [2.75, 3.05) is 4.90 Å². The fourth-order valence-electron chi connectivity index (χ4n) is 3.62. The summed E-state index contributed by atoms with van der Waals surface area (Å²) in [7, 11) is 0. The number of fused-ring (bicyclic) bond motifs is 2. The van der Waals surface area contributed by atoms with E-state index < -0.39 is 5.63 Å². The lowest BCUT2D eigenvalue weighted by Crippen LogP contribution is -2.30. The van der Waals surface area contributed by atoms with Gasteiger partial charge in [-0.2, -0.15) is 0 Å². The average Bonchev–Trinajstić information content (AvgIpc) is 2.79. The van der Waals surface area contributed by atoms with Crippen LogP contribution in [-0.4, -0.2) is 11.8 Å². The molecule has 1 aliphatic carbocycles. The van der Waals surface area contributed by atoms with Crippen LogP contribution in [0.15, 0.2) is 39.5 Å². The maximum Gasteiger partial charge on any atom is 0.336 e. The van der Waals surface area contributed by atoms with Crippen LogP contribution >= 0.6 is 0 Å². The summed E-state index contributed by atoms with van der Waals surface area (Å²) in [5, 5.41) is 0.701. The van der Waals surface area contributed by atoms with Crippen LogP contribution in [0.5, 0.6) is 0 Å². The molecule has 5 nitrogen and oxygen atoms in total. The number of anilines is 1. The third kappa shape index (κ3) is 1.89. The Labute approximate surface area is 126 Å². The molecule has 1 saturated carbocycles. The predicted molar refractivity (Wildman–Crippen MR) is 80.4 cm³/mol. The first-order valence-electron chi connectivity index (χ1n) is 7.57. The Balaban J connectivity index is 1.78. The lowest BCUT2D eigenvalue weighted by molar-refractivity contribution is -0.122. The van der Waals surface area contributed by atoms with E-state index >= 15 is 0 Å². The minimum Gasteiger partial charge on any atom is -0.423 e. The van der Waals surface area contributed by atoms with Gasteiger partial charge in [0.1, 0.15) is 5.58 Å². The average molecular weight is 297 g/mol. The second-order valence-corrected chi connectivity index (χ2v) is 5.99. The minimum absolute atomic E-state index is 0.0913. The quantitative estimate of drug-likeness (QED) is 0.599. The lowest BCUT2D eigenvalue weighted by atomic mass is 9.81. The first kappa shape index (κ1) is 13.2. The number of carbonyl (C=O) groups excluding carboxylic acids is 2. The van der Waals surface area contributed by atoms with Gasteiger partial charge in [0.05, 0.1) is 17.5 Å². The Bertz CT molecular complexity index is 814. The number of nitrogens with zero attached hydrogens (tertiary/aromatic N) is 1. The number of amides is 2. The van der Waals surface area contributed by atoms with E-state index in [2.05, 4.69) is 0 Å². The molecule has 5 heteroatoms. The molecule has 0 N–H and O–H groups in total. The second-order valence-electron chi connectivity index (χ2n) is 5.99. The summed E-state index contributed by atoms with van der Waals surface area (Å²) in [6.07, 6.45) is 3.62. The zero-order chi connectivity index (χ0) is 15.3. The summed E-state index contributed by atoms with van der Waals surface area (Å²) in [5.41, 5.74) is 0.595. The van der Waals surface area contributed by atoms with E-state index in [-0.39, 0.29) is 23.7 Å². The summed E-state index contributed by atoms with van der Waals surface area (Å²) < 4.78 is 5.08. The Morgan fingerprint density at radius 1 is 0.909 bits per heavy atom. The fourth-order valence-corrected chi connectivity index (χ4v) is 3.62. The van der Waals surface area contributed by atoms with Gasteiger partial charge in [0.2, 0.25) is 11.8 Å². The van der Waals surface area contributed by atoms with Gasteiger partial charge >= 0.3 is 5.63 Å². The molecule has 22 heavy (non-hydrogen) atoms. The van der Waals surface area contributed by atoms with E-state index in [1.807, 2.05) is 0 Å². The van der Waals surface area contributed by atoms with E-state index in [1.54, 1.807) is 24.3 Å². The van der Waals surface area contributed by atoms with E-state index in [4.69, 9.17) is 4.42 Å². The van der Waals surface area contributed by atoms with Gasteiger partial charge in [-0.3, -0.25) is 14.5 Å². The van der Waals surface area contributed by atoms with Crippen molar-refractivity contribution in [2.45, 2.75) is 25.7 Å². The maximum atomic E-state index is 12.6. The highest BCUT2D eigenvalue weighted by Gasteiger charge is 2.48. The van der Waals surface area contributed by atoms with Gasteiger partial charge in [-0.05, 0) is 37.1 Å². The highest BCUT2D eigenvalue weighted by atomic mass is 16.4. The van der Waals surface area contributed by atoms with Crippen LogP contribution in [0, 0.1) is 11.8 Å². The first-order valence-corrected chi connectivity index (χ1v) is 7.57. The number of imide groups is 1. The van der Waals surface area contributed by atoms with E-state index in [0.29, 0.717) is 16.7 Å². The lowest BCUT2D eigenvalue weighted by Gasteiger charge is -2.19. The molecular formula is C17H15NO4. The third-order valence-corrected chi connectivity index (χ3v) is 4.70. The van der Waals surface area contributed by atoms with Crippen molar-refractivity contribution in [3.8, 4) is 0 Å². The summed E-state index contributed by atoms with van der Waals surface area (Å²) in [4.78, 5) is 37.7. The van der Waals surface area contributed by atoms with E-state index in [1.165, 1.54) is 11.0 Å². The molecule has 0 spiro atoms. The molecule has 4 rings (SSSR count). The molecule has 2 aliphatic rings. The number of hydrogen-bond acceptors (Lipinski definition) is 4. The molecule has 0 bridgehead atoms. The van der Waals surface area contributed by atoms with Crippen LogP contribution < -0.4 is 10.5 Å². The molecule has 0 radical (unpaired) electrons. The Morgan fingerprint density at radius 2 is 1.59 bits per heavy atom. The van der Waals surface area contributed by atoms with Crippen molar-refractivity contribution >= 4 is 28.5 Å². The molecular weight excluding hydrogens is 282 g/mol. The van der Waals surface area contributed by atoms with Gasteiger partial charge < -0.3 is 4.42 Å². The molecule has 1 saturated heterocycles. The van der Waals surface area contributed by atoms with Crippen molar-refractivity contribution in [1.82, 2.24) is 0 Å². The summed E-state index contributed by atoms with van der Waals surface area (Å²) >= 11 is 0. The highest BCUT2D eigenvalue weighted by Crippen LogP contribution is 2.40. The van der Waals surface area contributed by atoms with Crippen molar-refractivity contribution in [2.24, 2.45) is 11.8 Å². The third-order valence-electron chi connectivity index (χ3n) is 4.70. The smallest absolute Gasteiger partial charge is 0.336 e. The zero-order valence-electron chi connectivity index (χ0n) is 12.0. The molecule has 2 amide bonds. The summed E-state index contributed by atoms with van der Waals surface area (Å²) in [6.45, 7) is 0. The van der Waals surface area contributed by atoms with Crippen molar-refractivity contribution < 1.29 is 14.0 Å². The van der Waals surface area contributed by atoms with Crippen LogP contribution in [0.2, 0.25) is 0 Å². The maximum absolute atomic E-state index is 12.6. The standard InChI is InChI=1S/C17H15NO4/c19-15-8-5-10-9-11(6-7-14(10)22-15)18-16(20)12-3-1-2-4-13(12)17(18)21/h5-9,12-13H,1-4H2. The predicted octanol–water partition coefficient (Wildman–Crippen LogP) is 2.47. The normalized spacial score (nSPS) is 24.8. The van der Waals surface area contributed by atoms with Crippen molar-refractivity contribution in [3.05, 3.63) is 40.8 Å². The summed E-state index contributed by atoms with van der Waals surface area (Å²) in [6, 6.07) is 8.00. The van der Waals surface area contributed by atoms with E-state index in [9.17, 15) is 14.4 Å². The van der Waals surface area contributed by atoms with Crippen LogP contribution in [0.4, 0.5) is 5.69 Å². The van der Waals surface area contributed by atoms with Crippen LogP contribution in [-0.2, 0) is 9.59 Å². The largest absolute Gasteiger partial charge is 0.423 e. The van der Waals surface area contributed by atoms with Gasteiger partial charge in [0.15, 0.2) is 0 Å². The number of rotatable bonds is 1. The van der Waals surface area contributed by atoms with E-state index in [0.717, 1.165) is 25.7 Å². The Kier molecular flexibility index (Phi) is 2.89. The highest BCUT2D eigenvalue weighted by molar-refractivity contribution is 6.22. The molecule has 2 fully saturated rings. The number of hydrogen-bond donors (Lipinski definition) is 0. The molecule has 2 heterocycles. The van der Waals surface area contributed by atoms with Crippen LogP contribution in [0.1, 0.15) is 25.7 Å². The topological polar surface area (TPSA) is 67.6 Å². The SMILES string of the molecule is O=C1C2CCCCC2C(=O)N1c1ccc2oc(=O)ccc2c1. The zero-order valence-corrected chi connectivity index (χ0v) is 12.0. The molecule has 1 aliphatic heterocycles. The molecule has 2 unspecified atom stereocenters. The van der Waals surface area contributed by atoms with Crippen LogP contribution in [0.3, 0.4) is 0 Å².